The molecule has 2 aliphatic rings. The highest BCUT2D eigenvalue weighted by molar-refractivity contribution is 6.10. The second-order valence-electron chi connectivity index (χ2n) is 16.3. The molecule has 2 heterocycles. The molecule has 0 radical (unpaired) electrons. The summed E-state index contributed by atoms with van der Waals surface area (Å²) in [5.41, 5.74) is 18.9. The van der Waals surface area contributed by atoms with Gasteiger partial charge in [0, 0.05) is 33.2 Å². The maximum atomic E-state index is 4.99. The van der Waals surface area contributed by atoms with Gasteiger partial charge in [-0.1, -0.05) is 176 Å². The summed E-state index contributed by atoms with van der Waals surface area (Å²) < 4.78 is 2.39. The predicted molar refractivity (Wildman–Crippen MR) is 252 cm³/mol. The lowest BCUT2D eigenvalue weighted by Gasteiger charge is -2.30. The molecule has 0 bridgehead atoms. The Hall–Kier alpha value is -8.21. The Morgan fingerprint density at radius 3 is 1.31 bits per heavy atom. The van der Waals surface area contributed by atoms with Gasteiger partial charge in [0.1, 0.15) is 0 Å². The molecule has 62 heavy (non-hydrogen) atoms. The molecule has 0 aliphatic heterocycles. The van der Waals surface area contributed by atoms with E-state index in [4.69, 9.17) is 15.0 Å². The maximum absolute atomic E-state index is 4.99. The monoisotopic (exact) mass is 788 g/mol. The fourth-order valence-electron chi connectivity index (χ4n) is 10.4. The molecule has 0 amide bonds. The molecule has 0 saturated carbocycles. The van der Waals surface area contributed by atoms with Crippen LogP contribution in [0.3, 0.4) is 0 Å². The van der Waals surface area contributed by atoms with Crippen LogP contribution in [0.1, 0.15) is 22.3 Å². The number of aromatic nitrogens is 4. The number of hydrogen-bond donors (Lipinski definition) is 0. The third-order valence-electron chi connectivity index (χ3n) is 13.1. The maximum Gasteiger partial charge on any atom is 0.164 e. The van der Waals surface area contributed by atoms with Crippen molar-refractivity contribution in [3.8, 4) is 73.2 Å². The van der Waals surface area contributed by atoms with Gasteiger partial charge in [-0.25, -0.2) is 15.0 Å². The van der Waals surface area contributed by atoms with Crippen LogP contribution in [0.4, 0.5) is 0 Å². The third-order valence-corrected chi connectivity index (χ3v) is 13.1. The van der Waals surface area contributed by atoms with Crippen LogP contribution in [-0.4, -0.2) is 19.5 Å². The van der Waals surface area contributed by atoms with Crippen molar-refractivity contribution >= 4 is 21.8 Å². The Morgan fingerprint density at radius 1 is 0.290 bits per heavy atom. The fraction of sp³-hybridized carbons (Fsp3) is 0.0172. The molecule has 0 N–H and O–H groups in total. The van der Waals surface area contributed by atoms with Crippen molar-refractivity contribution in [3.63, 3.8) is 0 Å². The van der Waals surface area contributed by atoms with Gasteiger partial charge < -0.3 is 4.57 Å². The molecule has 11 aromatic rings. The van der Waals surface area contributed by atoms with Crippen molar-refractivity contribution in [3.05, 3.63) is 241 Å². The molecule has 1 spiro atoms. The quantitative estimate of drug-likeness (QED) is 0.174. The minimum absolute atomic E-state index is 0.353. The Bertz CT molecular complexity index is 3460. The predicted octanol–water partition coefficient (Wildman–Crippen LogP) is 14.0. The van der Waals surface area contributed by atoms with E-state index < -0.39 is 0 Å². The van der Waals surface area contributed by atoms with Gasteiger partial charge in [-0.05, 0) is 98.1 Å². The molecular weight excluding hydrogens is 753 g/mol. The molecule has 0 atom stereocenters. The summed E-state index contributed by atoms with van der Waals surface area (Å²) >= 11 is 0. The van der Waals surface area contributed by atoms with E-state index in [9.17, 15) is 0 Å². The highest BCUT2D eigenvalue weighted by Crippen LogP contribution is 2.63. The first kappa shape index (κ1) is 34.6. The van der Waals surface area contributed by atoms with Crippen LogP contribution < -0.4 is 0 Å². The summed E-state index contributed by atoms with van der Waals surface area (Å²) in [7, 11) is 0. The van der Waals surface area contributed by atoms with E-state index in [1.54, 1.807) is 0 Å². The van der Waals surface area contributed by atoms with Crippen molar-refractivity contribution in [2.45, 2.75) is 5.41 Å². The number of hydrogen-bond acceptors (Lipinski definition) is 3. The first-order valence-corrected chi connectivity index (χ1v) is 21.2. The first-order valence-electron chi connectivity index (χ1n) is 21.2. The average molecular weight is 789 g/mol. The molecule has 2 aliphatic carbocycles. The molecular formula is C58H36N4. The average Bonchev–Trinajstić information content (AvgIpc) is 3.96. The molecule has 13 rings (SSSR count). The first-order chi connectivity index (χ1) is 30.7. The summed E-state index contributed by atoms with van der Waals surface area (Å²) in [6.07, 6.45) is 0. The molecule has 4 nitrogen and oxygen atoms in total. The van der Waals surface area contributed by atoms with Crippen LogP contribution in [0.2, 0.25) is 0 Å². The second kappa shape index (κ2) is 13.4. The molecule has 0 saturated heterocycles. The smallest absolute Gasteiger partial charge is 0.164 e. The standard InChI is InChI=1S/C58H36N4/c1-3-15-37(16-4-1)55-59-56(38-17-5-2-6-18-38)61-57(60-55)39-27-31-42(32-28-39)62-53-26-14-10-22-46(53)47-33-29-41(36-54(47)62)40-30-34-52-48(35-40)45-21-9-13-25-51(45)58(52)49-23-11-7-19-43(49)44-20-8-12-24-50(44)58/h1-36H. The van der Waals surface area contributed by atoms with Gasteiger partial charge in [0.25, 0.3) is 0 Å². The largest absolute Gasteiger partial charge is 0.309 e. The van der Waals surface area contributed by atoms with Gasteiger partial charge in [-0.2, -0.15) is 0 Å². The van der Waals surface area contributed by atoms with E-state index in [1.807, 2.05) is 60.7 Å². The number of rotatable bonds is 5. The van der Waals surface area contributed by atoms with E-state index in [-0.39, 0.29) is 5.41 Å². The molecule has 2 aromatic heterocycles. The topological polar surface area (TPSA) is 43.6 Å². The third kappa shape index (κ3) is 4.98. The van der Waals surface area contributed by atoms with Crippen molar-refractivity contribution < 1.29 is 0 Å². The number of nitrogens with zero attached hydrogens (tertiary/aromatic N) is 4. The van der Waals surface area contributed by atoms with Gasteiger partial charge in [-0.3, -0.25) is 0 Å². The van der Waals surface area contributed by atoms with Gasteiger partial charge in [0.2, 0.25) is 0 Å². The van der Waals surface area contributed by atoms with Crippen molar-refractivity contribution in [1.82, 2.24) is 19.5 Å². The summed E-state index contributed by atoms with van der Waals surface area (Å²) in [6.45, 7) is 0. The van der Waals surface area contributed by atoms with Crippen LogP contribution in [0, 0.1) is 0 Å². The van der Waals surface area contributed by atoms with Crippen LogP contribution in [0.15, 0.2) is 218 Å². The van der Waals surface area contributed by atoms with Gasteiger partial charge in [0.15, 0.2) is 17.5 Å². The zero-order chi connectivity index (χ0) is 40.8. The normalized spacial score (nSPS) is 13.0. The SMILES string of the molecule is c1ccc(-c2nc(-c3ccccc3)nc(-c3ccc(-n4c5ccccc5c5ccc(-c6ccc7c(c6)-c6ccccc6C76c7ccccc7-c7ccccc76)cc54)cc3)n2)cc1. The fourth-order valence-corrected chi connectivity index (χ4v) is 10.4. The molecule has 288 valence electrons. The zero-order valence-corrected chi connectivity index (χ0v) is 33.6. The lowest BCUT2D eigenvalue weighted by atomic mass is 9.70. The van der Waals surface area contributed by atoms with E-state index in [0.717, 1.165) is 33.4 Å². The van der Waals surface area contributed by atoms with Crippen molar-refractivity contribution in [1.29, 1.82) is 0 Å². The van der Waals surface area contributed by atoms with Gasteiger partial charge >= 0.3 is 0 Å². The minimum Gasteiger partial charge on any atom is -0.309 e. The van der Waals surface area contributed by atoms with Crippen molar-refractivity contribution in [2.75, 3.05) is 0 Å². The Kier molecular flexibility index (Phi) is 7.49. The summed E-state index contributed by atoms with van der Waals surface area (Å²) in [6, 6.07) is 78.7. The Labute approximate surface area is 359 Å². The van der Waals surface area contributed by atoms with Gasteiger partial charge in [0.05, 0.1) is 16.4 Å². The minimum atomic E-state index is -0.353. The van der Waals surface area contributed by atoms with E-state index >= 15 is 0 Å². The van der Waals surface area contributed by atoms with Gasteiger partial charge in [-0.15, -0.1) is 0 Å². The Balaban J connectivity index is 0.941. The van der Waals surface area contributed by atoms with E-state index in [2.05, 4.69) is 162 Å². The highest BCUT2D eigenvalue weighted by atomic mass is 15.0. The summed E-state index contributed by atoms with van der Waals surface area (Å²) in [4.78, 5) is 14.9. The molecule has 0 unspecified atom stereocenters. The second-order valence-corrected chi connectivity index (χ2v) is 16.3. The van der Waals surface area contributed by atoms with E-state index in [1.165, 1.54) is 66.4 Å². The summed E-state index contributed by atoms with van der Waals surface area (Å²) in [5.74, 6) is 1.94. The molecule has 4 heteroatoms. The lowest BCUT2D eigenvalue weighted by Crippen LogP contribution is -2.25. The number of para-hydroxylation sites is 1. The highest BCUT2D eigenvalue weighted by Gasteiger charge is 2.51. The van der Waals surface area contributed by atoms with Crippen LogP contribution in [-0.2, 0) is 5.41 Å². The number of benzene rings is 9. The molecule has 0 fully saturated rings. The number of fused-ring (bicyclic) bond motifs is 13. The van der Waals surface area contributed by atoms with E-state index in [0.29, 0.717) is 17.5 Å². The van der Waals surface area contributed by atoms with Crippen LogP contribution in [0.25, 0.3) is 95.0 Å². The zero-order valence-electron chi connectivity index (χ0n) is 33.6. The Morgan fingerprint density at radius 2 is 0.710 bits per heavy atom. The van der Waals surface area contributed by atoms with Crippen LogP contribution >= 0.6 is 0 Å². The molecule has 9 aromatic carbocycles. The van der Waals surface area contributed by atoms with Crippen molar-refractivity contribution in [2.24, 2.45) is 0 Å². The lowest BCUT2D eigenvalue weighted by molar-refractivity contribution is 0.794. The van der Waals surface area contributed by atoms with Crippen LogP contribution in [0.5, 0.6) is 0 Å². The summed E-state index contributed by atoms with van der Waals surface area (Å²) in [5, 5.41) is 2.44.